The fourth-order valence-electron chi connectivity index (χ4n) is 4.72. The number of carbonyl (C=O) groups excluding carboxylic acids is 1. The molecule has 0 spiro atoms. The van der Waals surface area contributed by atoms with Crippen LogP contribution >= 0.6 is 0 Å². The van der Waals surface area contributed by atoms with Crippen molar-refractivity contribution in [2.45, 2.75) is 25.7 Å². The van der Waals surface area contributed by atoms with Gasteiger partial charge in [-0.1, -0.05) is 6.07 Å². The van der Waals surface area contributed by atoms with Crippen LogP contribution in [0.5, 0.6) is 0 Å². The Labute approximate surface area is 111 Å². The first-order valence-corrected chi connectivity index (χ1v) is 7.12. The number of rotatable bonds is 3. The van der Waals surface area contributed by atoms with Gasteiger partial charge in [-0.3, -0.25) is 4.79 Å². The van der Waals surface area contributed by atoms with Gasteiger partial charge in [0.1, 0.15) is 5.78 Å². The van der Waals surface area contributed by atoms with Crippen molar-refractivity contribution in [1.82, 2.24) is 0 Å². The lowest BCUT2D eigenvalue weighted by Gasteiger charge is -2.08. The van der Waals surface area contributed by atoms with Gasteiger partial charge in [0.05, 0.1) is 0 Å². The Bertz CT molecular complexity index is 538. The summed E-state index contributed by atoms with van der Waals surface area (Å²) in [5, 5.41) is 0. The van der Waals surface area contributed by atoms with Gasteiger partial charge in [0.25, 0.3) is 0 Å². The van der Waals surface area contributed by atoms with E-state index < -0.39 is 11.6 Å². The predicted octanol–water partition coefficient (Wildman–Crippen LogP) is 3.37. The van der Waals surface area contributed by atoms with E-state index >= 15 is 0 Å². The highest BCUT2D eigenvalue weighted by molar-refractivity contribution is 5.86. The van der Waals surface area contributed by atoms with Crippen LogP contribution in [0.1, 0.15) is 24.8 Å². The number of hydrogen-bond donors (Lipinski definition) is 0. The Hall–Kier alpha value is -1.25. The summed E-state index contributed by atoms with van der Waals surface area (Å²) in [4.78, 5) is 12.3. The van der Waals surface area contributed by atoms with E-state index in [0.29, 0.717) is 17.4 Å². The Kier molecular flexibility index (Phi) is 2.36. The first kappa shape index (κ1) is 11.6. The van der Waals surface area contributed by atoms with Crippen LogP contribution in [-0.2, 0) is 11.2 Å². The molecule has 0 radical (unpaired) electrons. The Morgan fingerprint density at radius 1 is 1.11 bits per heavy atom. The third-order valence-corrected chi connectivity index (χ3v) is 5.47. The molecule has 2 bridgehead atoms. The molecule has 100 valence electrons. The second-order valence-electron chi connectivity index (χ2n) is 6.41. The molecule has 4 unspecified atom stereocenters. The SMILES string of the molecule is O=C(Cc1ccc(F)c(F)c1)C1C2C3CCC(C3)C12. The molecule has 3 fully saturated rings. The van der Waals surface area contributed by atoms with Gasteiger partial charge in [0.15, 0.2) is 11.6 Å². The second-order valence-corrected chi connectivity index (χ2v) is 6.41. The first-order valence-electron chi connectivity index (χ1n) is 7.12. The van der Waals surface area contributed by atoms with E-state index in [4.69, 9.17) is 0 Å². The van der Waals surface area contributed by atoms with Gasteiger partial charge in [-0.25, -0.2) is 8.78 Å². The first-order chi connectivity index (χ1) is 9.15. The molecular weight excluding hydrogens is 246 g/mol. The molecule has 0 amide bonds. The smallest absolute Gasteiger partial charge is 0.159 e. The van der Waals surface area contributed by atoms with Crippen LogP contribution in [0.15, 0.2) is 18.2 Å². The largest absolute Gasteiger partial charge is 0.299 e. The zero-order valence-electron chi connectivity index (χ0n) is 10.6. The van der Waals surface area contributed by atoms with Crippen molar-refractivity contribution in [1.29, 1.82) is 0 Å². The van der Waals surface area contributed by atoms with Crippen LogP contribution in [0, 0.1) is 41.2 Å². The third-order valence-electron chi connectivity index (χ3n) is 5.47. The minimum Gasteiger partial charge on any atom is -0.299 e. The lowest BCUT2D eigenvalue weighted by molar-refractivity contribution is -0.120. The minimum atomic E-state index is -0.860. The monoisotopic (exact) mass is 262 g/mol. The van der Waals surface area contributed by atoms with Gasteiger partial charge >= 0.3 is 0 Å². The van der Waals surface area contributed by atoms with Crippen LogP contribution in [0.3, 0.4) is 0 Å². The summed E-state index contributed by atoms with van der Waals surface area (Å²) < 4.78 is 26.0. The van der Waals surface area contributed by atoms with E-state index in [0.717, 1.165) is 24.0 Å². The predicted molar refractivity (Wildman–Crippen MR) is 66.4 cm³/mol. The molecule has 0 heterocycles. The van der Waals surface area contributed by atoms with Gasteiger partial charge in [-0.15, -0.1) is 0 Å². The molecule has 3 heteroatoms. The topological polar surface area (TPSA) is 17.1 Å². The van der Waals surface area contributed by atoms with Gasteiger partial charge in [-0.05, 0) is 60.6 Å². The molecular formula is C16H16F2O. The average Bonchev–Trinajstić information content (AvgIpc) is 2.83. The summed E-state index contributed by atoms with van der Waals surface area (Å²) in [6, 6.07) is 3.78. The third kappa shape index (κ3) is 1.67. The van der Waals surface area contributed by atoms with Crippen molar-refractivity contribution in [3.63, 3.8) is 0 Å². The van der Waals surface area contributed by atoms with Gasteiger partial charge < -0.3 is 0 Å². The van der Waals surface area contributed by atoms with Gasteiger partial charge in [0, 0.05) is 12.3 Å². The lowest BCUT2D eigenvalue weighted by atomic mass is 9.96. The Balaban J connectivity index is 1.47. The average molecular weight is 262 g/mol. The van der Waals surface area contributed by atoms with E-state index in [-0.39, 0.29) is 18.1 Å². The maximum absolute atomic E-state index is 13.1. The highest BCUT2D eigenvalue weighted by atomic mass is 19.2. The van der Waals surface area contributed by atoms with Crippen LogP contribution < -0.4 is 0 Å². The molecule has 1 aromatic carbocycles. The highest BCUT2D eigenvalue weighted by Gasteiger charge is 2.66. The van der Waals surface area contributed by atoms with Crippen molar-refractivity contribution < 1.29 is 13.6 Å². The van der Waals surface area contributed by atoms with Crippen molar-refractivity contribution in [3.05, 3.63) is 35.4 Å². The van der Waals surface area contributed by atoms with Crippen molar-refractivity contribution >= 4 is 5.78 Å². The maximum atomic E-state index is 13.1. The molecule has 4 atom stereocenters. The molecule has 0 N–H and O–H groups in total. The summed E-state index contributed by atoms with van der Waals surface area (Å²) in [5.74, 6) is 1.53. The van der Waals surface area contributed by atoms with Crippen molar-refractivity contribution in [2.75, 3.05) is 0 Å². The van der Waals surface area contributed by atoms with Crippen LogP contribution in [-0.4, -0.2) is 5.78 Å². The zero-order chi connectivity index (χ0) is 13.1. The number of halogens is 2. The molecule has 3 aliphatic carbocycles. The summed E-state index contributed by atoms with van der Waals surface area (Å²) in [6.45, 7) is 0. The molecule has 3 saturated carbocycles. The molecule has 0 aliphatic heterocycles. The standard InChI is InChI=1S/C16H16F2O/c17-11-4-1-8(5-12(11)18)6-13(19)16-14-9-2-3-10(7-9)15(14)16/h1,4-5,9-10,14-16H,2-3,6-7H2. The summed E-state index contributed by atoms with van der Waals surface area (Å²) in [7, 11) is 0. The molecule has 3 aliphatic rings. The molecule has 19 heavy (non-hydrogen) atoms. The molecule has 0 aromatic heterocycles. The summed E-state index contributed by atoms with van der Waals surface area (Å²) in [5.41, 5.74) is 0.598. The second kappa shape index (κ2) is 3.87. The maximum Gasteiger partial charge on any atom is 0.159 e. The quantitative estimate of drug-likeness (QED) is 0.816. The molecule has 0 saturated heterocycles. The minimum absolute atomic E-state index is 0.222. The zero-order valence-corrected chi connectivity index (χ0v) is 10.6. The Morgan fingerprint density at radius 3 is 2.42 bits per heavy atom. The summed E-state index contributed by atoms with van der Waals surface area (Å²) in [6.07, 6.45) is 4.17. The molecule has 1 nitrogen and oxygen atoms in total. The van der Waals surface area contributed by atoms with Crippen LogP contribution in [0.25, 0.3) is 0 Å². The lowest BCUT2D eigenvalue weighted by Crippen LogP contribution is -2.12. The van der Waals surface area contributed by atoms with Crippen LogP contribution in [0.2, 0.25) is 0 Å². The number of carbonyl (C=O) groups is 1. The fourth-order valence-corrected chi connectivity index (χ4v) is 4.72. The number of ketones is 1. The van der Waals surface area contributed by atoms with E-state index in [9.17, 15) is 13.6 Å². The number of benzene rings is 1. The molecule has 1 aromatic rings. The van der Waals surface area contributed by atoms with E-state index in [1.807, 2.05) is 0 Å². The number of hydrogen-bond acceptors (Lipinski definition) is 1. The van der Waals surface area contributed by atoms with Crippen molar-refractivity contribution in [2.24, 2.45) is 29.6 Å². The van der Waals surface area contributed by atoms with E-state index in [1.165, 1.54) is 25.3 Å². The number of fused-ring (bicyclic) bond motifs is 5. The fraction of sp³-hybridized carbons (Fsp3) is 0.562. The van der Waals surface area contributed by atoms with Crippen LogP contribution in [0.4, 0.5) is 8.78 Å². The van der Waals surface area contributed by atoms with E-state index in [1.54, 1.807) is 0 Å². The van der Waals surface area contributed by atoms with Gasteiger partial charge in [0.2, 0.25) is 0 Å². The normalized spacial score (nSPS) is 38.3. The highest BCUT2D eigenvalue weighted by Crippen LogP contribution is 2.69. The molecule has 4 rings (SSSR count). The van der Waals surface area contributed by atoms with Gasteiger partial charge in [-0.2, -0.15) is 0 Å². The van der Waals surface area contributed by atoms with Crippen molar-refractivity contribution in [3.8, 4) is 0 Å². The summed E-state index contributed by atoms with van der Waals surface area (Å²) >= 11 is 0. The van der Waals surface area contributed by atoms with E-state index in [2.05, 4.69) is 0 Å². The number of Topliss-reactive ketones (excluding diaryl/α,β-unsaturated/α-hetero) is 1. The Morgan fingerprint density at radius 2 is 1.79 bits per heavy atom.